The molecule has 0 saturated carbocycles. The van der Waals surface area contributed by atoms with Gasteiger partial charge in [-0.25, -0.2) is 0 Å². The Morgan fingerprint density at radius 1 is 1.09 bits per heavy atom. The average molecular weight is 322 g/mol. The summed E-state index contributed by atoms with van der Waals surface area (Å²) in [5.74, 6) is 0.735. The predicted octanol–water partition coefficient (Wildman–Crippen LogP) is 0.407. The number of benzene rings is 1. The lowest BCUT2D eigenvalue weighted by molar-refractivity contribution is -0.862. The number of anilines is 1. The maximum absolute atomic E-state index is 12.0. The molecule has 0 heterocycles. The molecule has 0 aliphatic carbocycles. The van der Waals surface area contributed by atoms with Crippen molar-refractivity contribution in [2.24, 2.45) is 0 Å². The van der Waals surface area contributed by atoms with E-state index in [1.807, 2.05) is 40.0 Å². The number of carbonyl (C=O) groups is 2. The van der Waals surface area contributed by atoms with Gasteiger partial charge in [0.25, 0.3) is 11.8 Å². The maximum Gasteiger partial charge on any atom is 0.279 e. The van der Waals surface area contributed by atoms with Crippen LogP contribution in [0.5, 0.6) is 5.75 Å². The number of hydrogen-bond acceptors (Lipinski definition) is 3. The Balaban J connectivity index is 2.44. The highest BCUT2D eigenvalue weighted by molar-refractivity contribution is 5.91. The van der Waals surface area contributed by atoms with Crippen LogP contribution in [0.25, 0.3) is 0 Å². The summed E-state index contributed by atoms with van der Waals surface area (Å²) in [5.41, 5.74) is 0.723. The van der Waals surface area contributed by atoms with Crippen LogP contribution in [0.4, 0.5) is 5.69 Å². The number of amides is 2. The lowest BCUT2D eigenvalue weighted by Crippen LogP contribution is -3.11. The molecular weight excluding hydrogens is 294 g/mol. The molecule has 0 fully saturated rings. The highest BCUT2D eigenvalue weighted by Crippen LogP contribution is 2.15. The first kappa shape index (κ1) is 19.0. The van der Waals surface area contributed by atoms with Crippen LogP contribution in [0.2, 0.25) is 0 Å². The van der Waals surface area contributed by atoms with E-state index in [0.717, 1.165) is 16.3 Å². The molecule has 128 valence electrons. The van der Waals surface area contributed by atoms with Crippen LogP contribution in [0.3, 0.4) is 0 Å². The summed E-state index contributed by atoms with van der Waals surface area (Å²) in [4.78, 5) is 26.7. The van der Waals surface area contributed by atoms with Crippen molar-refractivity contribution in [1.82, 2.24) is 4.90 Å². The van der Waals surface area contributed by atoms with E-state index in [4.69, 9.17) is 4.74 Å². The molecular formula is C17H28N3O3+. The van der Waals surface area contributed by atoms with Crippen molar-refractivity contribution < 1.29 is 19.2 Å². The van der Waals surface area contributed by atoms with Crippen molar-refractivity contribution in [2.45, 2.75) is 20.8 Å². The van der Waals surface area contributed by atoms with E-state index in [1.54, 1.807) is 17.0 Å². The Hall–Kier alpha value is -2.08. The third-order valence-electron chi connectivity index (χ3n) is 3.48. The fourth-order valence-corrected chi connectivity index (χ4v) is 2.29. The van der Waals surface area contributed by atoms with Gasteiger partial charge < -0.3 is 19.9 Å². The van der Waals surface area contributed by atoms with Gasteiger partial charge >= 0.3 is 0 Å². The lowest BCUT2D eigenvalue weighted by Gasteiger charge is -2.20. The smallest absolute Gasteiger partial charge is 0.279 e. The Kier molecular flexibility index (Phi) is 8.11. The Bertz CT molecular complexity index is 498. The third-order valence-corrected chi connectivity index (χ3v) is 3.48. The van der Waals surface area contributed by atoms with Crippen LogP contribution in [0, 0.1) is 0 Å². The Morgan fingerprint density at radius 2 is 1.70 bits per heavy atom. The monoisotopic (exact) mass is 322 g/mol. The van der Waals surface area contributed by atoms with Crippen molar-refractivity contribution in [3.8, 4) is 5.75 Å². The van der Waals surface area contributed by atoms with Gasteiger partial charge in [-0.05, 0) is 45.0 Å². The minimum absolute atomic E-state index is 0.0707. The van der Waals surface area contributed by atoms with Gasteiger partial charge in [0.15, 0.2) is 13.1 Å². The Morgan fingerprint density at radius 3 is 2.22 bits per heavy atom. The second kappa shape index (κ2) is 9.84. The zero-order valence-electron chi connectivity index (χ0n) is 14.5. The molecule has 1 rings (SSSR count). The van der Waals surface area contributed by atoms with E-state index in [-0.39, 0.29) is 18.4 Å². The summed E-state index contributed by atoms with van der Waals surface area (Å²) in [6.07, 6.45) is 0. The highest BCUT2D eigenvalue weighted by Gasteiger charge is 2.17. The molecule has 0 radical (unpaired) electrons. The van der Waals surface area contributed by atoms with E-state index in [1.165, 1.54) is 0 Å². The van der Waals surface area contributed by atoms with Crippen molar-refractivity contribution in [1.29, 1.82) is 0 Å². The minimum atomic E-state index is -0.112. The molecule has 23 heavy (non-hydrogen) atoms. The first-order chi connectivity index (χ1) is 11.0. The molecule has 0 aromatic heterocycles. The molecule has 0 aliphatic rings. The van der Waals surface area contributed by atoms with Crippen LogP contribution >= 0.6 is 0 Å². The van der Waals surface area contributed by atoms with Crippen molar-refractivity contribution in [2.75, 3.05) is 45.2 Å². The standard InChI is InChI=1S/C17H27N3O3/c1-5-20(6-2)17(22)13-19(4)12-16(21)18-14-8-10-15(11-9-14)23-7-3/h8-11H,5-7,12-13H2,1-4H3,(H,18,21)/p+1. The molecule has 0 spiro atoms. The van der Waals surface area contributed by atoms with E-state index in [9.17, 15) is 9.59 Å². The van der Waals surface area contributed by atoms with Gasteiger partial charge in [-0.2, -0.15) is 0 Å². The van der Waals surface area contributed by atoms with E-state index >= 15 is 0 Å². The number of hydrogen-bond donors (Lipinski definition) is 2. The summed E-state index contributed by atoms with van der Waals surface area (Å²) >= 11 is 0. The fourth-order valence-electron chi connectivity index (χ4n) is 2.29. The zero-order valence-corrected chi connectivity index (χ0v) is 14.5. The zero-order chi connectivity index (χ0) is 17.2. The number of nitrogens with zero attached hydrogens (tertiary/aromatic N) is 1. The molecule has 0 bridgehead atoms. The van der Waals surface area contributed by atoms with E-state index in [0.29, 0.717) is 26.2 Å². The minimum Gasteiger partial charge on any atom is -0.494 e. The molecule has 2 N–H and O–H groups in total. The number of quaternary nitrogens is 1. The maximum atomic E-state index is 12.0. The van der Waals surface area contributed by atoms with Crippen molar-refractivity contribution in [3.63, 3.8) is 0 Å². The second-order valence-electron chi connectivity index (χ2n) is 5.38. The molecule has 1 atom stereocenters. The fraction of sp³-hybridized carbons (Fsp3) is 0.529. The van der Waals surface area contributed by atoms with Gasteiger partial charge in [0.1, 0.15) is 5.75 Å². The van der Waals surface area contributed by atoms with Crippen LogP contribution in [0.1, 0.15) is 20.8 Å². The summed E-state index contributed by atoms with van der Waals surface area (Å²) in [6.45, 7) is 8.40. The summed E-state index contributed by atoms with van der Waals surface area (Å²) in [7, 11) is 1.85. The Labute approximate surface area is 138 Å². The SMILES string of the molecule is CCOc1ccc(NC(=O)C[NH+](C)CC(=O)N(CC)CC)cc1. The van der Waals surface area contributed by atoms with Crippen LogP contribution < -0.4 is 15.0 Å². The van der Waals surface area contributed by atoms with E-state index < -0.39 is 0 Å². The number of rotatable bonds is 9. The summed E-state index contributed by atoms with van der Waals surface area (Å²) < 4.78 is 5.36. The molecule has 1 unspecified atom stereocenters. The van der Waals surface area contributed by atoms with Gasteiger partial charge in [-0.1, -0.05) is 0 Å². The summed E-state index contributed by atoms with van der Waals surface area (Å²) in [5, 5.41) is 2.83. The largest absolute Gasteiger partial charge is 0.494 e. The van der Waals surface area contributed by atoms with Gasteiger partial charge in [-0.15, -0.1) is 0 Å². The molecule has 0 saturated heterocycles. The number of likely N-dealkylation sites (N-methyl/N-ethyl adjacent to an activating group) is 2. The van der Waals surface area contributed by atoms with Crippen molar-refractivity contribution in [3.05, 3.63) is 24.3 Å². The molecule has 6 nitrogen and oxygen atoms in total. The predicted molar refractivity (Wildman–Crippen MR) is 90.8 cm³/mol. The van der Waals surface area contributed by atoms with Crippen LogP contribution in [-0.4, -0.2) is 56.5 Å². The number of nitrogens with one attached hydrogen (secondary N) is 2. The van der Waals surface area contributed by atoms with Crippen molar-refractivity contribution >= 4 is 17.5 Å². The lowest BCUT2D eigenvalue weighted by atomic mass is 10.3. The van der Waals surface area contributed by atoms with Gasteiger partial charge in [0.05, 0.1) is 13.7 Å². The molecule has 1 aromatic rings. The van der Waals surface area contributed by atoms with E-state index in [2.05, 4.69) is 5.32 Å². The number of ether oxygens (including phenoxy) is 1. The van der Waals surface area contributed by atoms with Gasteiger partial charge in [0.2, 0.25) is 0 Å². The molecule has 1 aromatic carbocycles. The highest BCUT2D eigenvalue weighted by atomic mass is 16.5. The quantitative estimate of drug-likeness (QED) is 0.692. The number of carbonyl (C=O) groups excluding carboxylic acids is 2. The second-order valence-corrected chi connectivity index (χ2v) is 5.38. The molecule has 6 heteroatoms. The third kappa shape index (κ3) is 6.69. The van der Waals surface area contributed by atoms with Crippen LogP contribution in [0.15, 0.2) is 24.3 Å². The van der Waals surface area contributed by atoms with Gasteiger partial charge in [-0.3, -0.25) is 9.59 Å². The normalized spacial score (nSPS) is 11.7. The first-order valence-corrected chi connectivity index (χ1v) is 8.11. The topological polar surface area (TPSA) is 63.1 Å². The van der Waals surface area contributed by atoms with Crippen LogP contribution in [-0.2, 0) is 9.59 Å². The molecule has 0 aliphatic heterocycles. The summed E-state index contributed by atoms with van der Waals surface area (Å²) in [6, 6.07) is 7.25. The van der Waals surface area contributed by atoms with Gasteiger partial charge in [0, 0.05) is 18.8 Å². The average Bonchev–Trinajstić information content (AvgIpc) is 2.50. The molecule has 2 amide bonds. The first-order valence-electron chi connectivity index (χ1n) is 8.11.